The molecule has 0 amide bonds. The second kappa shape index (κ2) is 6.17. The lowest BCUT2D eigenvalue weighted by Gasteiger charge is -2.36. The first-order valence-corrected chi connectivity index (χ1v) is 7.69. The number of nitrogens with one attached hydrogen (secondary N) is 1. The average Bonchev–Trinajstić information content (AvgIpc) is 2.55. The Labute approximate surface area is 129 Å². The van der Waals surface area contributed by atoms with Gasteiger partial charge in [-0.15, -0.1) is 0 Å². The number of aromatic amines is 1. The van der Waals surface area contributed by atoms with Gasteiger partial charge in [0.15, 0.2) is 0 Å². The topological polar surface area (TPSA) is 65.1 Å². The molecule has 0 aliphatic carbocycles. The van der Waals surface area contributed by atoms with Crippen LogP contribution in [-0.4, -0.2) is 41.1 Å². The van der Waals surface area contributed by atoms with E-state index in [9.17, 15) is 4.79 Å². The molecule has 1 N–H and O–H groups in total. The van der Waals surface area contributed by atoms with Crippen LogP contribution in [0.1, 0.15) is 18.4 Å². The van der Waals surface area contributed by atoms with Crippen molar-refractivity contribution < 1.29 is 0 Å². The highest BCUT2D eigenvalue weighted by atomic mass is 16.1. The Balaban J connectivity index is 1.70. The molecule has 1 saturated heterocycles. The molecule has 3 rings (SSSR count). The molecule has 0 spiro atoms. The van der Waals surface area contributed by atoms with Crippen molar-refractivity contribution in [2.45, 2.75) is 20.3 Å². The molecule has 0 aromatic carbocycles. The first-order chi connectivity index (χ1) is 10.7. The summed E-state index contributed by atoms with van der Waals surface area (Å²) in [4.78, 5) is 27.5. The molecule has 0 saturated carbocycles. The van der Waals surface area contributed by atoms with Gasteiger partial charge in [0.05, 0.1) is 5.69 Å². The van der Waals surface area contributed by atoms with Gasteiger partial charge in [0.1, 0.15) is 11.6 Å². The number of aryl methyl sites for hydroxylation is 2. The lowest BCUT2D eigenvalue weighted by Crippen LogP contribution is -2.47. The third kappa shape index (κ3) is 3.10. The second-order valence-electron chi connectivity index (χ2n) is 5.52. The van der Waals surface area contributed by atoms with Crippen LogP contribution >= 0.6 is 0 Å². The van der Waals surface area contributed by atoms with Crippen LogP contribution in [0.4, 0.5) is 11.5 Å². The quantitative estimate of drug-likeness (QED) is 0.927. The zero-order chi connectivity index (χ0) is 15.5. The van der Waals surface area contributed by atoms with E-state index in [1.165, 1.54) is 0 Å². The summed E-state index contributed by atoms with van der Waals surface area (Å²) >= 11 is 0. The van der Waals surface area contributed by atoms with E-state index in [2.05, 4.69) is 37.7 Å². The van der Waals surface area contributed by atoms with Crippen LogP contribution < -0.4 is 15.4 Å². The molecule has 1 aliphatic heterocycles. The minimum Gasteiger partial charge on any atom is -0.367 e. The van der Waals surface area contributed by atoms with E-state index in [4.69, 9.17) is 0 Å². The van der Waals surface area contributed by atoms with Crippen LogP contribution in [0.5, 0.6) is 0 Å². The van der Waals surface area contributed by atoms with Crippen LogP contribution in [-0.2, 0) is 6.42 Å². The molecular formula is C16H21N5O. The maximum absolute atomic E-state index is 11.1. The van der Waals surface area contributed by atoms with Gasteiger partial charge in [-0.1, -0.05) is 6.92 Å². The number of piperazine rings is 1. The van der Waals surface area contributed by atoms with Gasteiger partial charge in [0, 0.05) is 56.6 Å². The summed E-state index contributed by atoms with van der Waals surface area (Å²) in [6, 6.07) is 5.50. The number of hydrogen-bond donors (Lipinski definition) is 1. The maximum atomic E-state index is 11.1. The molecule has 0 atom stereocenters. The van der Waals surface area contributed by atoms with Crippen LogP contribution in [0.15, 0.2) is 29.2 Å². The highest BCUT2D eigenvalue weighted by Gasteiger charge is 2.19. The van der Waals surface area contributed by atoms with Crippen molar-refractivity contribution in [2.75, 3.05) is 36.0 Å². The molecule has 6 nitrogen and oxygen atoms in total. The summed E-state index contributed by atoms with van der Waals surface area (Å²) in [5, 5.41) is 0. The van der Waals surface area contributed by atoms with Crippen molar-refractivity contribution in [3.8, 4) is 0 Å². The van der Waals surface area contributed by atoms with Gasteiger partial charge in [0.2, 0.25) is 5.56 Å². The van der Waals surface area contributed by atoms with Gasteiger partial charge in [-0.2, -0.15) is 0 Å². The molecule has 2 aromatic rings. The summed E-state index contributed by atoms with van der Waals surface area (Å²) in [5.74, 6) is 1.92. The number of anilines is 2. The third-order valence-electron chi connectivity index (χ3n) is 3.94. The summed E-state index contributed by atoms with van der Waals surface area (Å²) in [5.41, 5.74) is 2.02. The van der Waals surface area contributed by atoms with Gasteiger partial charge in [-0.25, -0.2) is 9.97 Å². The molecule has 22 heavy (non-hydrogen) atoms. The summed E-state index contributed by atoms with van der Waals surface area (Å²) in [6.07, 6.45) is 2.63. The Hall–Kier alpha value is -2.37. The minimum atomic E-state index is -0.0639. The first kappa shape index (κ1) is 14.6. The standard InChI is InChI=1S/C16H21N5O/c1-3-14-18-12(2)10-15(19-14)21-8-6-20(7-9-21)13-4-5-16(22)17-11-13/h4-5,10-11H,3,6-9H2,1-2H3,(H,17,22). The summed E-state index contributed by atoms with van der Waals surface area (Å²) in [7, 11) is 0. The van der Waals surface area contributed by atoms with Gasteiger partial charge in [-0.05, 0) is 13.0 Å². The number of rotatable bonds is 3. The van der Waals surface area contributed by atoms with Crippen molar-refractivity contribution >= 4 is 11.5 Å². The first-order valence-electron chi connectivity index (χ1n) is 7.69. The lowest BCUT2D eigenvalue weighted by molar-refractivity contribution is 0.643. The fourth-order valence-electron chi connectivity index (χ4n) is 2.73. The van der Waals surface area contributed by atoms with E-state index < -0.39 is 0 Å². The zero-order valence-electron chi connectivity index (χ0n) is 13.0. The Bertz CT molecular complexity index is 683. The van der Waals surface area contributed by atoms with Gasteiger partial charge < -0.3 is 14.8 Å². The average molecular weight is 299 g/mol. The Morgan fingerprint density at radius 3 is 2.50 bits per heavy atom. The Morgan fingerprint density at radius 2 is 1.86 bits per heavy atom. The highest BCUT2D eigenvalue weighted by molar-refractivity contribution is 5.48. The van der Waals surface area contributed by atoms with Crippen LogP contribution in [0, 0.1) is 6.92 Å². The van der Waals surface area contributed by atoms with E-state index in [1.807, 2.05) is 13.0 Å². The van der Waals surface area contributed by atoms with Crippen LogP contribution in [0.2, 0.25) is 0 Å². The largest absolute Gasteiger partial charge is 0.367 e. The number of H-pyrrole nitrogens is 1. The number of pyridine rings is 1. The summed E-state index contributed by atoms with van der Waals surface area (Å²) < 4.78 is 0. The molecule has 116 valence electrons. The van der Waals surface area contributed by atoms with Crippen molar-refractivity contribution in [3.05, 3.63) is 46.3 Å². The number of aromatic nitrogens is 3. The van der Waals surface area contributed by atoms with Gasteiger partial charge in [0.25, 0.3) is 0 Å². The molecule has 0 unspecified atom stereocenters. The lowest BCUT2D eigenvalue weighted by atomic mass is 10.2. The van der Waals surface area contributed by atoms with Crippen molar-refractivity contribution in [1.82, 2.24) is 15.0 Å². The molecular weight excluding hydrogens is 278 g/mol. The highest BCUT2D eigenvalue weighted by Crippen LogP contribution is 2.18. The molecule has 3 heterocycles. The number of nitrogens with zero attached hydrogens (tertiary/aromatic N) is 4. The predicted octanol–water partition coefficient (Wildman–Crippen LogP) is 1.36. The number of hydrogen-bond acceptors (Lipinski definition) is 5. The van der Waals surface area contributed by atoms with E-state index in [0.29, 0.717) is 0 Å². The summed E-state index contributed by atoms with van der Waals surface area (Å²) in [6.45, 7) is 7.75. The van der Waals surface area contributed by atoms with Crippen molar-refractivity contribution in [3.63, 3.8) is 0 Å². The molecule has 0 radical (unpaired) electrons. The Morgan fingerprint density at radius 1 is 1.14 bits per heavy atom. The molecule has 0 bridgehead atoms. The van der Waals surface area contributed by atoms with Gasteiger partial charge >= 0.3 is 0 Å². The van der Waals surface area contributed by atoms with E-state index >= 15 is 0 Å². The minimum absolute atomic E-state index is 0.0639. The second-order valence-corrected chi connectivity index (χ2v) is 5.52. The fraction of sp³-hybridized carbons (Fsp3) is 0.438. The van der Waals surface area contributed by atoms with Crippen molar-refractivity contribution in [1.29, 1.82) is 0 Å². The monoisotopic (exact) mass is 299 g/mol. The van der Waals surface area contributed by atoms with Crippen LogP contribution in [0.3, 0.4) is 0 Å². The van der Waals surface area contributed by atoms with Crippen LogP contribution in [0.25, 0.3) is 0 Å². The molecule has 1 fully saturated rings. The fourth-order valence-corrected chi connectivity index (χ4v) is 2.73. The maximum Gasteiger partial charge on any atom is 0.248 e. The van der Waals surface area contributed by atoms with E-state index in [0.717, 1.165) is 55.6 Å². The van der Waals surface area contributed by atoms with E-state index in [-0.39, 0.29) is 5.56 Å². The molecule has 2 aromatic heterocycles. The SMILES string of the molecule is CCc1nc(C)cc(N2CCN(c3ccc(=O)[nH]c3)CC2)n1. The molecule has 1 aliphatic rings. The zero-order valence-corrected chi connectivity index (χ0v) is 13.0. The normalized spacial score (nSPS) is 15.2. The van der Waals surface area contributed by atoms with Gasteiger partial charge in [-0.3, -0.25) is 4.79 Å². The van der Waals surface area contributed by atoms with E-state index in [1.54, 1.807) is 12.3 Å². The predicted molar refractivity (Wildman–Crippen MR) is 87.6 cm³/mol. The van der Waals surface area contributed by atoms with Crippen molar-refractivity contribution in [2.24, 2.45) is 0 Å². The molecule has 6 heteroatoms. The Kier molecular flexibility index (Phi) is 4.09. The third-order valence-corrected chi connectivity index (χ3v) is 3.94. The smallest absolute Gasteiger partial charge is 0.248 e.